The van der Waals surface area contributed by atoms with E-state index in [9.17, 15) is 0 Å². The highest BCUT2D eigenvalue weighted by Gasteiger charge is 2.28. The fourth-order valence-corrected chi connectivity index (χ4v) is 2.36. The van der Waals surface area contributed by atoms with Crippen LogP contribution in [0.25, 0.3) is 0 Å². The molecule has 2 aromatic rings. The first-order valence-electron chi connectivity index (χ1n) is 5.67. The van der Waals surface area contributed by atoms with Crippen molar-refractivity contribution in [3.63, 3.8) is 0 Å². The van der Waals surface area contributed by atoms with Crippen LogP contribution in [-0.4, -0.2) is 36.2 Å². The van der Waals surface area contributed by atoms with Crippen LogP contribution in [0.15, 0.2) is 33.5 Å². The van der Waals surface area contributed by atoms with Gasteiger partial charge in [-0.3, -0.25) is 4.98 Å². The monoisotopic (exact) mass is 277 g/mol. The lowest BCUT2D eigenvalue weighted by Gasteiger charge is -2.02. The van der Waals surface area contributed by atoms with Crippen LogP contribution < -0.4 is 5.73 Å². The van der Waals surface area contributed by atoms with Crippen molar-refractivity contribution in [2.75, 3.05) is 0 Å². The van der Waals surface area contributed by atoms with E-state index in [4.69, 9.17) is 10.9 Å². The van der Waals surface area contributed by atoms with E-state index in [1.807, 2.05) is 10.7 Å². The van der Waals surface area contributed by atoms with Gasteiger partial charge in [-0.2, -0.15) is 0 Å². The zero-order chi connectivity index (χ0) is 13.2. The van der Waals surface area contributed by atoms with E-state index in [1.54, 1.807) is 12.3 Å². The topological polar surface area (TPSA) is 115 Å². The van der Waals surface area contributed by atoms with Crippen LogP contribution in [0, 0.1) is 0 Å². The summed E-state index contributed by atoms with van der Waals surface area (Å²) in [6.07, 6.45) is 3.89. The van der Waals surface area contributed by atoms with Gasteiger partial charge in [-0.1, -0.05) is 5.16 Å². The number of nitrogens with zero attached hydrogens (tertiary/aromatic N) is 6. The Hall–Kier alpha value is -2.16. The standard InChI is InChI=1S/C10H11N7OS/c11-9(14-18)8-4-3-7(5-12-8)19-10-13-15-16-17(10)6-1-2-6/h3-6,18H,1-2H2,(H2,11,14). The van der Waals surface area contributed by atoms with Crippen molar-refractivity contribution < 1.29 is 5.21 Å². The number of oxime groups is 1. The van der Waals surface area contributed by atoms with E-state index in [0.29, 0.717) is 11.7 Å². The third kappa shape index (κ3) is 2.50. The van der Waals surface area contributed by atoms with Gasteiger partial charge in [-0.05, 0) is 47.2 Å². The average molecular weight is 277 g/mol. The van der Waals surface area contributed by atoms with E-state index in [-0.39, 0.29) is 5.84 Å². The van der Waals surface area contributed by atoms with Gasteiger partial charge in [-0.25, -0.2) is 4.68 Å². The largest absolute Gasteiger partial charge is 0.409 e. The van der Waals surface area contributed by atoms with Crippen molar-refractivity contribution in [2.24, 2.45) is 10.9 Å². The lowest BCUT2D eigenvalue weighted by molar-refractivity contribution is 0.318. The van der Waals surface area contributed by atoms with Gasteiger partial charge in [0, 0.05) is 11.1 Å². The molecule has 1 fully saturated rings. The highest BCUT2D eigenvalue weighted by molar-refractivity contribution is 7.99. The molecule has 0 aliphatic heterocycles. The number of aromatic nitrogens is 5. The van der Waals surface area contributed by atoms with Crippen LogP contribution in [0.5, 0.6) is 0 Å². The molecule has 3 rings (SSSR count). The Kier molecular flexibility index (Phi) is 3.03. The Morgan fingerprint density at radius 3 is 2.95 bits per heavy atom. The maximum absolute atomic E-state index is 8.56. The minimum absolute atomic E-state index is 0.0145. The molecule has 3 N–H and O–H groups in total. The molecule has 0 amide bonds. The minimum atomic E-state index is -0.0145. The normalized spacial score (nSPS) is 15.7. The molecule has 0 bridgehead atoms. The van der Waals surface area contributed by atoms with Gasteiger partial charge >= 0.3 is 0 Å². The molecule has 0 radical (unpaired) electrons. The van der Waals surface area contributed by atoms with Gasteiger partial charge in [0.15, 0.2) is 5.84 Å². The first-order chi connectivity index (χ1) is 9.28. The molecule has 1 saturated carbocycles. The highest BCUT2D eigenvalue weighted by Crippen LogP contribution is 2.37. The molecule has 0 saturated heterocycles. The Morgan fingerprint density at radius 2 is 2.32 bits per heavy atom. The minimum Gasteiger partial charge on any atom is -0.409 e. The molecule has 2 heterocycles. The maximum Gasteiger partial charge on any atom is 0.214 e. The number of pyridine rings is 1. The zero-order valence-electron chi connectivity index (χ0n) is 9.84. The molecular formula is C10H11N7OS. The summed E-state index contributed by atoms with van der Waals surface area (Å²) in [5.74, 6) is -0.0145. The van der Waals surface area contributed by atoms with Crippen LogP contribution in [-0.2, 0) is 0 Å². The molecule has 19 heavy (non-hydrogen) atoms. The Labute approximate surface area is 112 Å². The van der Waals surface area contributed by atoms with Crippen molar-refractivity contribution in [1.29, 1.82) is 0 Å². The van der Waals surface area contributed by atoms with Crippen LogP contribution in [0.4, 0.5) is 0 Å². The number of tetrazole rings is 1. The molecule has 98 valence electrons. The smallest absolute Gasteiger partial charge is 0.214 e. The van der Waals surface area contributed by atoms with Gasteiger partial charge in [0.25, 0.3) is 0 Å². The molecule has 0 spiro atoms. The average Bonchev–Trinajstić information content (AvgIpc) is 3.19. The molecule has 1 aliphatic rings. The summed E-state index contributed by atoms with van der Waals surface area (Å²) >= 11 is 1.44. The van der Waals surface area contributed by atoms with Gasteiger partial charge in [0.05, 0.1) is 6.04 Å². The summed E-state index contributed by atoms with van der Waals surface area (Å²) < 4.78 is 1.84. The van der Waals surface area contributed by atoms with Gasteiger partial charge < -0.3 is 10.9 Å². The number of hydrogen-bond acceptors (Lipinski definition) is 7. The van der Waals surface area contributed by atoms with Crippen molar-refractivity contribution in [3.8, 4) is 0 Å². The molecule has 1 aliphatic carbocycles. The molecule has 8 nitrogen and oxygen atoms in total. The second-order valence-electron chi connectivity index (χ2n) is 4.10. The van der Waals surface area contributed by atoms with E-state index in [2.05, 4.69) is 25.7 Å². The van der Waals surface area contributed by atoms with Gasteiger partial charge in [0.1, 0.15) is 5.69 Å². The second-order valence-corrected chi connectivity index (χ2v) is 5.14. The summed E-state index contributed by atoms with van der Waals surface area (Å²) in [7, 11) is 0. The van der Waals surface area contributed by atoms with E-state index < -0.39 is 0 Å². The van der Waals surface area contributed by atoms with E-state index >= 15 is 0 Å². The van der Waals surface area contributed by atoms with E-state index in [0.717, 1.165) is 22.9 Å². The first kappa shape index (κ1) is 11.9. The van der Waals surface area contributed by atoms with Crippen molar-refractivity contribution in [1.82, 2.24) is 25.2 Å². The summed E-state index contributed by atoms with van der Waals surface area (Å²) in [5, 5.41) is 23.9. The maximum atomic E-state index is 8.56. The van der Waals surface area contributed by atoms with E-state index in [1.165, 1.54) is 11.8 Å². The predicted octanol–water partition coefficient (Wildman–Crippen LogP) is 0.649. The van der Waals surface area contributed by atoms with Crippen LogP contribution in [0.3, 0.4) is 0 Å². The molecule has 0 atom stereocenters. The fraction of sp³-hybridized carbons (Fsp3) is 0.300. The summed E-state index contributed by atoms with van der Waals surface area (Å²) in [6.45, 7) is 0. The Balaban J connectivity index is 1.77. The predicted molar refractivity (Wildman–Crippen MR) is 67.0 cm³/mol. The quantitative estimate of drug-likeness (QED) is 0.365. The zero-order valence-corrected chi connectivity index (χ0v) is 10.7. The molecule has 9 heteroatoms. The SMILES string of the molecule is N/C(=N/O)c1ccc(Sc2nnnn2C2CC2)cn1. The van der Waals surface area contributed by atoms with Crippen LogP contribution in [0.2, 0.25) is 0 Å². The lowest BCUT2D eigenvalue weighted by atomic mass is 10.3. The lowest BCUT2D eigenvalue weighted by Crippen LogP contribution is -2.14. The first-order valence-corrected chi connectivity index (χ1v) is 6.49. The van der Waals surface area contributed by atoms with Gasteiger partial charge in [-0.15, -0.1) is 5.10 Å². The third-order valence-electron chi connectivity index (χ3n) is 2.67. The van der Waals surface area contributed by atoms with Crippen LogP contribution in [0.1, 0.15) is 24.6 Å². The third-order valence-corrected chi connectivity index (χ3v) is 3.60. The summed E-state index contributed by atoms with van der Waals surface area (Å²) in [5.41, 5.74) is 5.87. The molecule has 0 aromatic carbocycles. The summed E-state index contributed by atoms with van der Waals surface area (Å²) in [4.78, 5) is 5.00. The number of amidine groups is 1. The molecule has 2 aromatic heterocycles. The number of rotatable bonds is 4. The Morgan fingerprint density at radius 1 is 1.47 bits per heavy atom. The highest BCUT2D eigenvalue weighted by atomic mass is 32.2. The molecular weight excluding hydrogens is 266 g/mol. The van der Waals surface area contributed by atoms with Gasteiger partial charge in [0.2, 0.25) is 5.16 Å². The second kappa shape index (κ2) is 4.84. The van der Waals surface area contributed by atoms with Crippen molar-refractivity contribution >= 4 is 17.6 Å². The van der Waals surface area contributed by atoms with Crippen molar-refractivity contribution in [3.05, 3.63) is 24.0 Å². The number of nitrogens with two attached hydrogens (primary N) is 1. The summed E-state index contributed by atoms with van der Waals surface area (Å²) in [6, 6.07) is 3.95. The van der Waals surface area contributed by atoms with Crippen LogP contribution >= 0.6 is 11.8 Å². The fourth-order valence-electron chi connectivity index (χ4n) is 1.55. The van der Waals surface area contributed by atoms with Crippen molar-refractivity contribution in [2.45, 2.75) is 28.9 Å². The number of hydrogen-bond donors (Lipinski definition) is 2. The Bertz CT molecular complexity index is 605. The molecule has 0 unspecified atom stereocenters.